The molecule has 0 atom stereocenters. The highest BCUT2D eigenvalue weighted by Crippen LogP contribution is 2.36. The van der Waals surface area contributed by atoms with Gasteiger partial charge in [-0.05, 0) is 42.8 Å². The van der Waals surface area contributed by atoms with E-state index in [1.807, 2.05) is 13.0 Å². The molecule has 24 heavy (non-hydrogen) atoms. The first-order valence-corrected chi connectivity index (χ1v) is 7.97. The second kappa shape index (κ2) is 8.66. The Hall–Kier alpha value is -2.11. The van der Waals surface area contributed by atoms with E-state index in [9.17, 15) is 0 Å². The molecule has 1 N–H and O–H groups in total. The normalized spacial score (nSPS) is 10.7. The summed E-state index contributed by atoms with van der Waals surface area (Å²) in [7, 11) is 3.11. The number of methoxy groups -OCH3 is 2. The Balaban J connectivity index is 2.15. The molecule has 0 radical (unpaired) electrons. The predicted molar refractivity (Wildman–Crippen MR) is 98.4 cm³/mol. The molecule has 128 valence electrons. The van der Waals surface area contributed by atoms with Gasteiger partial charge in [0.05, 0.1) is 42.8 Å². The van der Waals surface area contributed by atoms with Gasteiger partial charge in [-0.25, -0.2) is 0 Å². The van der Waals surface area contributed by atoms with E-state index in [2.05, 4.69) is 10.5 Å². The second-order valence-corrected chi connectivity index (χ2v) is 5.50. The van der Waals surface area contributed by atoms with Crippen LogP contribution in [-0.4, -0.2) is 27.0 Å². The fraction of sp³-hybridized carbons (Fsp3) is 0.235. The molecule has 0 saturated heterocycles. The largest absolute Gasteiger partial charge is 0.495 e. The summed E-state index contributed by atoms with van der Waals surface area (Å²) in [5, 5.41) is 5.14. The van der Waals surface area contributed by atoms with E-state index < -0.39 is 0 Å². The number of hydrogen-bond acceptors (Lipinski definition) is 5. The van der Waals surface area contributed by atoms with Crippen LogP contribution in [0.2, 0.25) is 10.0 Å². The summed E-state index contributed by atoms with van der Waals surface area (Å²) in [6.07, 6.45) is 1.63. The molecule has 2 rings (SSSR count). The summed E-state index contributed by atoms with van der Waals surface area (Å²) in [6.45, 7) is 2.40. The maximum absolute atomic E-state index is 6.20. The molecule has 5 nitrogen and oxygen atoms in total. The molecular formula is C17H18Cl2N2O3. The lowest BCUT2D eigenvalue weighted by Gasteiger charge is -2.11. The Labute approximate surface area is 151 Å². The van der Waals surface area contributed by atoms with Crippen molar-refractivity contribution in [3.05, 3.63) is 45.9 Å². The molecule has 0 saturated carbocycles. The van der Waals surface area contributed by atoms with E-state index in [0.717, 1.165) is 11.3 Å². The third-order valence-electron chi connectivity index (χ3n) is 3.09. The van der Waals surface area contributed by atoms with Gasteiger partial charge in [-0.15, -0.1) is 0 Å². The van der Waals surface area contributed by atoms with Gasteiger partial charge in [0.2, 0.25) is 0 Å². The minimum absolute atomic E-state index is 0.456. The van der Waals surface area contributed by atoms with Gasteiger partial charge in [0, 0.05) is 0 Å². The van der Waals surface area contributed by atoms with Crippen LogP contribution in [0, 0.1) is 0 Å². The summed E-state index contributed by atoms with van der Waals surface area (Å²) in [4.78, 5) is 0. The molecule has 0 aliphatic carbocycles. The number of nitrogens with zero attached hydrogens (tertiary/aromatic N) is 1. The van der Waals surface area contributed by atoms with Crippen LogP contribution in [0.25, 0.3) is 0 Å². The van der Waals surface area contributed by atoms with E-state index in [0.29, 0.717) is 33.9 Å². The molecule has 0 fully saturated rings. The number of hydrazone groups is 1. The van der Waals surface area contributed by atoms with E-state index >= 15 is 0 Å². The number of rotatable bonds is 7. The van der Waals surface area contributed by atoms with Crippen LogP contribution < -0.4 is 19.6 Å². The van der Waals surface area contributed by atoms with E-state index in [1.165, 1.54) is 0 Å². The maximum Gasteiger partial charge on any atom is 0.179 e. The fourth-order valence-electron chi connectivity index (χ4n) is 2.04. The lowest BCUT2D eigenvalue weighted by molar-refractivity contribution is 0.311. The van der Waals surface area contributed by atoms with Gasteiger partial charge < -0.3 is 14.2 Å². The lowest BCUT2D eigenvalue weighted by atomic mass is 10.2. The van der Waals surface area contributed by atoms with Crippen LogP contribution in [0.4, 0.5) is 5.69 Å². The van der Waals surface area contributed by atoms with Crippen LogP contribution in [0.5, 0.6) is 17.2 Å². The third kappa shape index (κ3) is 4.46. The molecule has 2 aromatic rings. The van der Waals surface area contributed by atoms with Gasteiger partial charge >= 0.3 is 0 Å². The Morgan fingerprint density at radius 3 is 2.46 bits per heavy atom. The molecule has 0 spiro atoms. The van der Waals surface area contributed by atoms with Crippen LogP contribution >= 0.6 is 23.2 Å². The Morgan fingerprint density at radius 1 is 1.04 bits per heavy atom. The van der Waals surface area contributed by atoms with Crippen molar-refractivity contribution in [2.24, 2.45) is 5.10 Å². The van der Waals surface area contributed by atoms with Gasteiger partial charge in [0.25, 0.3) is 0 Å². The molecule has 0 amide bonds. The van der Waals surface area contributed by atoms with E-state index in [1.54, 1.807) is 44.7 Å². The molecular weight excluding hydrogens is 351 g/mol. The molecule has 0 heterocycles. The Kier molecular flexibility index (Phi) is 6.58. The quantitative estimate of drug-likeness (QED) is 0.560. The summed E-state index contributed by atoms with van der Waals surface area (Å²) in [5.74, 6) is 1.68. The topological polar surface area (TPSA) is 52.1 Å². The lowest BCUT2D eigenvalue weighted by Crippen LogP contribution is -1.98. The highest BCUT2D eigenvalue weighted by Gasteiger charge is 2.10. The third-order valence-corrected chi connectivity index (χ3v) is 3.67. The zero-order valence-corrected chi connectivity index (χ0v) is 15.1. The monoisotopic (exact) mass is 368 g/mol. The maximum atomic E-state index is 6.20. The van der Waals surface area contributed by atoms with E-state index in [4.69, 9.17) is 37.4 Å². The Bertz CT molecular complexity index is 736. The molecule has 0 unspecified atom stereocenters. The van der Waals surface area contributed by atoms with Gasteiger partial charge in [0.1, 0.15) is 5.75 Å². The van der Waals surface area contributed by atoms with Crippen molar-refractivity contribution in [2.45, 2.75) is 6.92 Å². The number of anilines is 1. The van der Waals surface area contributed by atoms with Gasteiger partial charge in [-0.2, -0.15) is 5.10 Å². The average Bonchev–Trinajstić information content (AvgIpc) is 2.55. The van der Waals surface area contributed by atoms with Crippen LogP contribution in [-0.2, 0) is 0 Å². The van der Waals surface area contributed by atoms with Crippen molar-refractivity contribution in [3.8, 4) is 17.2 Å². The molecule has 2 aromatic carbocycles. The van der Waals surface area contributed by atoms with Crippen molar-refractivity contribution >= 4 is 35.1 Å². The number of benzene rings is 2. The number of ether oxygens (including phenoxy) is 3. The van der Waals surface area contributed by atoms with Gasteiger partial charge in [-0.1, -0.05) is 23.2 Å². The van der Waals surface area contributed by atoms with Crippen LogP contribution in [0.15, 0.2) is 35.4 Å². The van der Waals surface area contributed by atoms with E-state index in [-0.39, 0.29) is 0 Å². The van der Waals surface area contributed by atoms with Crippen LogP contribution in [0.3, 0.4) is 0 Å². The second-order valence-electron chi connectivity index (χ2n) is 4.69. The molecule has 0 aromatic heterocycles. The van der Waals surface area contributed by atoms with Crippen molar-refractivity contribution in [2.75, 3.05) is 26.3 Å². The zero-order valence-electron chi connectivity index (χ0n) is 13.6. The smallest absolute Gasteiger partial charge is 0.179 e. The summed E-state index contributed by atoms with van der Waals surface area (Å²) >= 11 is 12.3. The molecule has 7 heteroatoms. The fourth-order valence-corrected chi connectivity index (χ4v) is 2.59. The summed E-state index contributed by atoms with van der Waals surface area (Å²) < 4.78 is 15.9. The van der Waals surface area contributed by atoms with Crippen molar-refractivity contribution in [1.29, 1.82) is 0 Å². The first kappa shape index (κ1) is 18.2. The van der Waals surface area contributed by atoms with Crippen LogP contribution in [0.1, 0.15) is 12.5 Å². The first-order chi connectivity index (χ1) is 11.6. The number of hydrogen-bond donors (Lipinski definition) is 1. The number of halogens is 2. The molecule has 0 bridgehead atoms. The SMILES string of the molecule is CCOc1cc(/C=N/Nc2ccc(OC)c(Cl)c2)cc(Cl)c1OC. The molecule has 0 aliphatic rings. The summed E-state index contributed by atoms with van der Waals surface area (Å²) in [5.41, 5.74) is 4.41. The zero-order chi connectivity index (χ0) is 17.5. The summed E-state index contributed by atoms with van der Waals surface area (Å²) in [6, 6.07) is 8.85. The van der Waals surface area contributed by atoms with Crippen molar-refractivity contribution in [3.63, 3.8) is 0 Å². The predicted octanol–water partition coefficient (Wildman–Crippen LogP) is 4.86. The highest BCUT2D eigenvalue weighted by molar-refractivity contribution is 6.32. The van der Waals surface area contributed by atoms with Gasteiger partial charge in [-0.3, -0.25) is 5.43 Å². The highest BCUT2D eigenvalue weighted by atomic mass is 35.5. The molecule has 0 aliphatic heterocycles. The standard InChI is InChI=1S/C17H18Cl2N2O3/c1-4-24-16-8-11(7-14(19)17(16)23-3)10-20-21-12-5-6-15(22-2)13(18)9-12/h5-10,21H,4H2,1-3H3/b20-10+. The Morgan fingerprint density at radius 2 is 1.83 bits per heavy atom. The number of nitrogens with one attached hydrogen (secondary N) is 1. The first-order valence-electron chi connectivity index (χ1n) is 7.22. The minimum Gasteiger partial charge on any atom is -0.495 e. The van der Waals surface area contributed by atoms with Crippen molar-refractivity contribution in [1.82, 2.24) is 0 Å². The van der Waals surface area contributed by atoms with Crippen molar-refractivity contribution < 1.29 is 14.2 Å². The average molecular weight is 369 g/mol. The minimum atomic E-state index is 0.456. The van der Waals surface area contributed by atoms with Gasteiger partial charge in [0.15, 0.2) is 11.5 Å².